The van der Waals surface area contributed by atoms with Gasteiger partial charge in [-0.25, -0.2) is 4.39 Å². The number of nitrogens with zero attached hydrogens (tertiary/aromatic N) is 2. The molecule has 1 aliphatic rings. The lowest BCUT2D eigenvalue weighted by Crippen LogP contribution is -2.48. The SMILES string of the molecule is COc1ccc(CCC(=O)N2CCN(c3ccccc3OC)CC2)cc1F. The zero-order valence-electron chi connectivity index (χ0n) is 15.8. The Morgan fingerprint density at radius 3 is 2.37 bits per heavy atom. The van der Waals surface area contributed by atoms with E-state index in [0.29, 0.717) is 25.9 Å². The van der Waals surface area contributed by atoms with Crippen molar-refractivity contribution in [3.05, 3.63) is 53.8 Å². The van der Waals surface area contributed by atoms with Gasteiger partial charge in [-0.15, -0.1) is 0 Å². The van der Waals surface area contributed by atoms with E-state index in [9.17, 15) is 9.18 Å². The van der Waals surface area contributed by atoms with Crippen molar-refractivity contribution in [3.8, 4) is 11.5 Å². The molecule has 1 fully saturated rings. The summed E-state index contributed by atoms with van der Waals surface area (Å²) < 4.78 is 24.1. The van der Waals surface area contributed by atoms with Crippen LogP contribution in [0.4, 0.5) is 10.1 Å². The molecule has 0 spiro atoms. The summed E-state index contributed by atoms with van der Waals surface area (Å²) in [5.74, 6) is 0.773. The molecular weight excluding hydrogens is 347 g/mol. The number of anilines is 1. The van der Waals surface area contributed by atoms with Gasteiger partial charge in [0.15, 0.2) is 11.6 Å². The van der Waals surface area contributed by atoms with Gasteiger partial charge in [0.25, 0.3) is 0 Å². The molecule has 1 heterocycles. The normalized spacial score (nSPS) is 14.2. The molecule has 5 nitrogen and oxygen atoms in total. The van der Waals surface area contributed by atoms with Crippen LogP contribution in [0.3, 0.4) is 0 Å². The van der Waals surface area contributed by atoms with Crippen molar-refractivity contribution in [2.24, 2.45) is 0 Å². The molecule has 1 saturated heterocycles. The summed E-state index contributed by atoms with van der Waals surface area (Å²) in [4.78, 5) is 16.6. The third-order valence-electron chi connectivity index (χ3n) is 4.90. The first-order valence-electron chi connectivity index (χ1n) is 9.10. The van der Waals surface area contributed by atoms with Crippen LogP contribution in [0.15, 0.2) is 42.5 Å². The number of hydrogen-bond donors (Lipinski definition) is 0. The first kappa shape index (κ1) is 19.0. The second-order valence-electron chi connectivity index (χ2n) is 6.51. The van der Waals surface area contributed by atoms with E-state index >= 15 is 0 Å². The summed E-state index contributed by atoms with van der Waals surface area (Å²) in [5, 5.41) is 0. The molecule has 0 aromatic heterocycles. The largest absolute Gasteiger partial charge is 0.495 e. The average Bonchev–Trinajstić information content (AvgIpc) is 2.72. The number of para-hydroxylation sites is 2. The Morgan fingerprint density at radius 2 is 1.70 bits per heavy atom. The van der Waals surface area contributed by atoms with E-state index in [1.54, 1.807) is 19.2 Å². The Balaban J connectivity index is 1.52. The third-order valence-corrected chi connectivity index (χ3v) is 4.90. The number of carbonyl (C=O) groups excluding carboxylic acids is 1. The third kappa shape index (κ3) is 4.51. The van der Waals surface area contributed by atoms with Gasteiger partial charge in [0, 0.05) is 32.6 Å². The molecule has 3 rings (SSSR count). The first-order valence-corrected chi connectivity index (χ1v) is 9.10. The number of carbonyl (C=O) groups is 1. The Bertz CT molecular complexity index is 789. The van der Waals surface area contributed by atoms with Gasteiger partial charge in [0.2, 0.25) is 5.91 Å². The molecule has 0 radical (unpaired) electrons. The van der Waals surface area contributed by atoms with Crippen molar-refractivity contribution in [3.63, 3.8) is 0 Å². The molecule has 27 heavy (non-hydrogen) atoms. The summed E-state index contributed by atoms with van der Waals surface area (Å²) in [6.45, 7) is 2.88. The number of aryl methyl sites for hydroxylation is 1. The summed E-state index contributed by atoms with van der Waals surface area (Å²) >= 11 is 0. The number of methoxy groups -OCH3 is 2. The number of hydrogen-bond acceptors (Lipinski definition) is 4. The summed E-state index contributed by atoms with van der Waals surface area (Å²) in [6.07, 6.45) is 0.896. The van der Waals surface area contributed by atoms with Crippen LogP contribution in [-0.2, 0) is 11.2 Å². The maximum Gasteiger partial charge on any atom is 0.223 e. The van der Waals surface area contributed by atoms with Gasteiger partial charge in [0.1, 0.15) is 5.75 Å². The Hall–Kier alpha value is -2.76. The highest BCUT2D eigenvalue weighted by Crippen LogP contribution is 2.28. The number of halogens is 1. The van der Waals surface area contributed by atoms with Crippen LogP contribution < -0.4 is 14.4 Å². The first-order chi connectivity index (χ1) is 13.1. The van der Waals surface area contributed by atoms with E-state index in [-0.39, 0.29) is 11.7 Å². The van der Waals surface area contributed by atoms with Crippen LogP contribution in [0.1, 0.15) is 12.0 Å². The fourth-order valence-electron chi connectivity index (χ4n) is 3.36. The molecule has 0 saturated carbocycles. The molecule has 144 valence electrons. The number of piperazine rings is 1. The van der Waals surface area contributed by atoms with E-state index in [0.717, 1.165) is 30.1 Å². The lowest BCUT2D eigenvalue weighted by molar-refractivity contribution is -0.131. The van der Waals surface area contributed by atoms with Gasteiger partial charge < -0.3 is 19.3 Å². The van der Waals surface area contributed by atoms with Crippen LogP contribution >= 0.6 is 0 Å². The zero-order valence-corrected chi connectivity index (χ0v) is 15.8. The molecule has 6 heteroatoms. The van der Waals surface area contributed by atoms with Crippen LogP contribution in [0.25, 0.3) is 0 Å². The van der Waals surface area contributed by atoms with Gasteiger partial charge in [-0.3, -0.25) is 4.79 Å². The average molecular weight is 372 g/mol. The quantitative estimate of drug-likeness (QED) is 0.781. The standard InChI is InChI=1S/C21H25FN2O3/c1-26-19-9-7-16(15-17(19)22)8-10-21(25)24-13-11-23(12-14-24)18-5-3-4-6-20(18)27-2/h3-7,9,15H,8,10-14H2,1-2H3. The van der Waals surface area contributed by atoms with Gasteiger partial charge >= 0.3 is 0 Å². The Morgan fingerprint density at radius 1 is 1.00 bits per heavy atom. The maximum absolute atomic E-state index is 13.8. The van der Waals surface area contributed by atoms with Gasteiger partial charge in [0.05, 0.1) is 19.9 Å². The number of ether oxygens (including phenoxy) is 2. The fraction of sp³-hybridized carbons (Fsp3) is 0.381. The lowest BCUT2D eigenvalue weighted by Gasteiger charge is -2.36. The van der Waals surface area contributed by atoms with Crippen LogP contribution in [0, 0.1) is 5.82 Å². The second-order valence-corrected chi connectivity index (χ2v) is 6.51. The molecule has 2 aromatic carbocycles. The minimum atomic E-state index is -0.395. The molecule has 0 aliphatic carbocycles. The van der Waals surface area contributed by atoms with Crippen LogP contribution in [-0.4, -0.2) is 51.2 Å². The van der Waals surface area contributed by atoms with Crippen molar-refractivity contribution in [1.29, 1.82) is 0 Å². The molecule has 2 aromatic rings. The number of rotatable bonds is 6. The predicted molar refractivity (Wildman–Crippen MR) is 103 cm³/mol. The highest BCUT2D eigenvalue weighted by molar-refractivity contribution is 5.77. The molecule has 1 amide bonds. The second kappa shape index (κ2) is 8.75. The number of amides is 1. The smallest absolute Gasteiger partial charge is 0.223 e. The van der Waals surface area contributed by atoms with Gasteiger partial charge in [-0.05, 0) is 36.2 Å². The van der Waals surface area contributed by atoms with Crippen molar-refractivity contribution in [1.82, 2.24) is 4.90 Å². The van der Waals surface area contributed by atoms with Crippen molar-refractivity contribution < 1.29 is 18.7 Å². The Labute approximate surface area is 159 Å². The van der Waals surface area contributed by atoms with Crippen molar-refractivity contribution >= 4 is 11.6 Å². The maximum atomic E-state index is 13.8. The van der Waals surface area contributed by atoms with Crippen LogP contribution in [0.5, 0.6) is 11.5 Å². The van der Waals surface area contributed by atoms with E-state index in [4.69, 9.17) is 9.47 Å². The minimum absolute atomic E-state index is 0.103. The monoisotopic (exact) mass is 372 g/mol. The van der Waals surface area contributed by atoms with E-state index in [1.165, 1.54) is 13.2 Å². The van der Waals surface area contributed by atoms with Crippen LogP contribution in [0.2, 0.25) is 0 Å². The molecule has 0 unspecified atom stereocenters. The minimum Gasteiger partial charge on any atom is -0.495 e. The van der Waals surface area contributed by atoms with E-state index < -0.39 is 5.82 Å². The van der Waals surface area contributed by atoms with Gasteiger partial charge in [-0.2, -0.15) is 0 Å². The highest BCUT2D eigenvalue weighted by Gasteiger charge is 2.22. The van der Waals surface area contributed by atoms with Gasteiger partial charge in [-0.1, -0.05) is 18.2 Å². The van der Waals surface area contributed by atoms with E-state index in [1.807, 2.05) is 29.2 Å². The van der Waals surface area contributed by atoms with Crippen molar-refractivity contribution in [2.45, 2.75) is 12.8 Å². The summed E-state index contributed by atoms with van der Waals surface area (Å²) in [5.41, 5.74) is 1.86. The molecular formula is C21H25FN2O3. The molecule has 1 aliphatic heterocycles. The molecule has 0 atom stereocenters. The Kier molecular flexibility index (Phi) is 6.16. The summed E-state index contributed by atoms with van der Waals surface area (Å²) in [7, 11) is 3.10. The molecule has 0 bridgehead atoms. The number of benzene rings is 2. The predicted octanol–water partition coefficient (Wildman–Crippen LogP) is 3.12. The lowest BCUT2D eigenvalue weighted by atomic mass is 10.1. The van der Waals surface area contributed by atoms with E-state index in [2.05, 4.69) is 4.90 Å². The topological polar surface area (TPSA) is 42.0 Å². The van der Waals surface area contributed by atoms with Crippen molar-refractivity contribution in [2.75, 3.05) is 45.3 Å². The summed E-state index contributed by atoms with van der Waals surface area (Å²) in [6, 6.07) is 12.8. The zero-order chi connectivity index (χ0) is 19.2. The molecule has 0 N–H and O–H groups in total. The highest BCUT2D eigenvalue weighted by atomic mass is 19.1. The fourth-order valence-corrected chi connectivity index (χ4v) is 3.36.